The van der Waals surface area contributed by atoms with Gasteiger partial charge in [-0.05, 0) is 29.2 Å². The van der Waals surface area contributed by atoms with Gasteiger partial charge in [0.25, 0.3) is 5.91 Å². The summed E-state index contributed by atoms with van der Waals surface area (Å²) in [6, 6.07) is 17.3. The molecule has 0 aliphatic carbocycles. The molecule has 2 aromatic rings. The van der Waals surface area contributed by atoms with Gasteiger partial charge >= 0.3 is 0 Å². The van der Waals surface area contributed by atoms with Gasteiger partial charge in [-0.25, -0.2) is 0 Å². The molecule has 0 unspecified atom stereocenters. The zero-order chi connectivity index (χ0) is 15.8. The second kappa shape index (κ2) is 7.98. The first-order valence-corrected chi connectivity index (χ1v) is 7.25. The Morgan fingerprint density at radius 2 is 1.82 bits per heavy atom. The molecule has 0 aliphatic rings. The summed E-state index contributed by atoms with van der Waals surface area (Å²) >= 11 is 0. The highest BCUT2D eigenvalue weighted by Gasteiger charge is 2.01. The molecular formula is C18H20N2O2. The van der Waals surface area contributed by atoms with E-state index in [2.05, 4.69) is 36.5 Å². The van der Waals surface area contributed by atoms with Gasteiger partial charge in [0, 0.05) is 5.69 Å². The molecule has 114 valence electrons. The Balaban J connectivity index is 1.76. The van der Waals surface area contributed by atoms with E-state index in [0.29, 0.717) is 5.92 Å². The molecule has 0 bridgehead atoms. The number of hydrogen-bond acceptors (Lipinski definition) is 3. The quantitative estimate of drug-likeness (QED) is 0.651. The Kier molecular flexibility index (Phi) is 5.72. The van der Waals surface area contributed by atoms with Crippen LogP contribution in [-0.2, 0) is 9.63 Å². The molecule has 0 spiro atoms. The molecule has 0 aliphatic heterocycles. The molecule has 2 rings (SSSR count). The highest BCUT2D eigenvalue weighted by Crippen LogP contribution is 2.13. The first-order chi connectivity index (χ1) is 10.6. The largest absolute Gasteiger partial charge is 0.386 e. The van der Waals surface area contributed by atoms with Crippen LogP contribution in [-0.4, -0.2) is 18.7 Å². The minimum Gasteiger partial charge on any atom is -0.386 e. The van der Waals surface area contributed by atoms with Gasteiger partial charge in [0.05, 0.1) is 6.21 Å². The normalized spacial score (nSPS) is 10.9. The Morgan fingerprint density at radius 1 is 1.14 bits per heavy atom. The van der Waals surface area contributed by atoms with E-state index in [1.807, 2.05) is 42.5 Å². The number of para-hydroxylation sites is 1. The molecule has 0 aromatic heterocycles. The van der Waals surface area contributed by atoms with Crippen molar-refractivity contribution in [3.63, 3.8) is 0 Å². The van der Waals surface area contributed by atoms with E-state index in [9.17, 15) is 4.79 Å². The van der Waals surface area contributed by atoms with Crippen LogP contribution in [0.4, 0.5) is 5.69 Å². The number of rotatable bonds is 6. The molecule has 1 N–H and O–H groups in total. The van der Waals surface area contributed by atoms with Gasteiger partial charge in [0.1, 0.15) is 0 Å². The maximum atomic E-state index is 11.6. The van der Waals surface area contributed by atoms with Crippen LogP contribution in [0, 0.1) is 0 Å². The summed E-state index contributed by atoms with van der Waals surface area (Å²) in [5.41, 5.74) is 2.96. The van der Waals surface area contributed by atoms with Gasteiger partial charge in [-0.1, -0.05) is 61.5 Å². The zero-order valence-electron chi connectivity index (χ0n) is 12.8. The van der Waals surface area contributed by atoms with Crippen molar-refractivity contribution in [3.05, 3.63) is 65.7 Å². The van der Waals surface area contributed by atoms with Gasteiger partial charge in [-0.2, -0.15) is 0 Å². The van der Waals surface area contributed by atoms with Crippen molar-refractivity contribution >= 4 is 17.8 Å². The Bertz CT molecular complexity index is 619. The maximum Gasteiger partial charge on any atom is 0.265 e. The first-order valence-electron chi connectivity index (χ1n) is 7.25. The lowest BCUT2D eigenvalue weighted by molar-refractivity contribution is -0.120. The smallest absolute Gasteiger partial charge is 0.265 e. The third-order valence-corrected chi connectivity index (χ3v) is 3.13. The van der Waals surface area contributed by atoms with Crippen LogP contribution in [0.5, 0.6) is 0 Å². The summed E-state index contributed by atoms with van der Waals surface area (Å²) in [4.78, 5) is 16.6. The van der Waals surface area contributed by atoms with Crippen molar-refractivity contribution in [2.75, 3.05) is 11.9 Å². The van der Waals surface area contributed by atoms with Gasteiger partial charge in [-0.3, -0.25) is 4.79 Å². The van der Waals surface area contributed by atoms with Gasteiger partial charge in [-0.15, -0.1) is 0 Å². The zero-order valence-corrected chi connectivity index (χ0v) is 12.8. The Hall–Kier alpha value is -2.62. The second-order valence-electron chi connectivity index (χ2n) is 5.24. The number of anilines is 1. The average Bonchev–Trinajstić information content (AvgIpc) is 2.53. The van der Waals surface area contributed by atoms with E-state index in [-0.39, 0.29) is 12.5 Å². The van der Waals surface area contributed by atoms with Crippen molar-refractivity contribution < 1.29 is 9.63 Å². The summed E-state index contributed by atoms with van der Waals surface area (Å²) in [5, 5.41) is 6.53. The summed E-state index contributed by atoms with van der Waals surface area (Å²) in [6.45, 7) is 4.19. The number of carbonyl (C=O) groups is 1. The highest BCUT2D eigenvalue weighted by molar-refractivity contribution is 5.91. The summed E-state index contributed by atoms with van der Waals surface area (Å²) in [7, 11) is 0. The fraction of sp³-hybridized carbons (Fsp3) is 0.222. The van der Waals surface area contributed by atoms with Crippen LogP contribution in [0.15, 0.2) is 59.8 Å². The van der Waals surface area contributed by atoms with E-state index < -0.39 is 0 Å². The minimum absolute atomic E-state index is 0.116. The standard InChI is InChI=1S/C18H20N2O2/c1-14(2)16-10-8-15(9-11-16)12-19-22-13-18(21)20-17-6-4-3-5-7-17/h3-12,14H,13H2,1-2H3,(H,20,21)/b19-12-. The Labute approximate surface area is 130 Å². The van der Waals surface area contributed by atoms with Crippen LogP contribution in [0.3, 0.4) is 0 Å². The summed E-state index contributed by atoms with van der Waals surface area (Å²) in [5.74, 6) is 0.266. The molecule has 2 aromatic carbocycles. The third kappa shape index (κ3) is 5.05. The molecule has 0 atom stereocenters. The number of nitrogens with one attached hydrogen (secondary N) is 1. The molecule has 1 amide bonds. The van der Waals surface area contributed by atoms with Crippen molar-refractivity contribution in [1.29, 1.82) is 0 Å². The number of nitrogens with zero attached hydrogens (tertiary/aromatic N) is 1. The van der Waals surface area contributed by atoms with E-state index >= 15 is 0 Å². The van der Waals surface area contributed by atoms with Crippen molar-refractivity contribution in [2.24, 2.45) is 5.16 Å². The molecule has 0 radical (unpaired) electrons. The molecule has 4 nitrogen and oxygen atoms in total. The van der Waals surface area contributed by atoms with Crippen molar-refractivity contribution in [3.8, 4) is 0 Å². The second-order valence-corrected chi connectivity index (χ2v) is 5.24. The summed E-state index contributed by atoms with van der Waals surface area (Å²) in [6.07, 6.45) is 1.60. The van der Waals surface area contributed by atoms with Gasteiger partial charge in [0.15, 0.2) is 6.61 Å². The minimum atomic E-state index is -0.237. The molecular weight excluding hydrogens is 276 g/mol. The number of benzene rings is 2. The van der Waals surface area contributed by atoms with Crippen LogP contribution < -0.4 is 5.32 Å². The highest BCUT2D eigenvalue weighted by atomic mass is 16.6. The molecule has 0 saturated carbocycles. The Morgan fingerprint density at radius 3 is 2.45 bits per heavy atom. The monoisotopic (exact) mass is 296 g/mol. The molecule has 22 heavy (non-hydrogen) atoms. The molecule has 4 heteroatoms. The van der Waals surface area contributed by atoms with E-state index in [0.717, 1.165) is 11.3 Å². The lowest BCUT2D eigenvalue weighted by Gasteiger charge is -2.05. The predicted octanol–water partition coefficient (Wildman–Crippen LogP) is 3.80. The van der Waals surface area contributed by atoms with E-state index in [1.165, 1.54) is 5.56 Å². The predicted molar refractivity (Wildman–Crippen MR) is 89.1 cm³/mol. The van der Waals surface area contributed by atoms with Gasteiger partial charge < -0.3 is 10.2 Å². The van der Waals surface area contributed by atoms with Crippen molar-refractivity contribution in [2.45, 2.75) is 19.8 Å². The molecule has 0 fully saturated rings. The topological polar surface area (TPSA) is 50.7 Å². The average molecular weight is 296 g/mol. The number of amides is 1. The number of oxime groups is 1. The number of carbonyl (C=O) groups excluding carboxylic acids is 1. The third-order valence-electron chi connectivity index (χ3n) is 3.13. The molecule has 0 heterocycles. The van der Waals surface area contributed by atoms with Crippen LogP contribution in [0.2, 0.25) is 0 Å². The lowest BCUT2D eigenvalue weighted by Crippen LogP contribution is -2.16. The van der Waals surface area contributed by atoms with Crippen LogP contribution in [0.25, 0.3) is 0 Å². The van der Waals surface area contributed by atoms with Crippen molar-refractivity contribution in [1.82, 2.24) is 0 Å². The lowest BCUT2D eigenvalue weighted by atomic mass is 10.0. The van der Waals surface area contributed by atoms with E-state index in [1.54, 1.807) is 6.21 Å². The molecule has 0 saturated heterocycles. The first kappa shape index (κ1) is 15.8. The SMILES string of the molecule is CC(C)c1ccc(/C=N\OCC(=O)Nc2ccccc2)cc1. The number of hydrogen-bond donors (Lipinski definition) is 1. The van der Waals surface area contributed by atoms with Gasteiger partial charge in [0.2, 0.25) is 0 Å². The fourth-order valence-corrected chi connectivity index (χ4v) is 1.88. The van der Waals surface area contributed by atoms with Crippen LogP contribution in [0.1, 0.15) is 30.9 Å². The summed E-state index contributed by atoms with van der Waals surface area (Å²) < 4.78 is 0. The van der Waals surface area contributed by atoms with E-state index in [4.69, 9.17) is 4.84 Å². The fourth-order valence-electron chi connectivity index (χ4n) is 1.88. The maximum absolute atomic E-state index is 11.6. The van der Waals surface area contributed by atoms with Crippen LogP contribution >= 0.6 is 0 Å².